The zero-order valence-corrected chi connectivity index (χ0v) is 9.56. The standard InChI is InChI=1S/C12H9F2N3O2/c13-8-2-1-3-9(14)12(8)16-7-4-5-11(17(18)19)10(15)6-7/h1-6,16H,15H2. The number of nitro groups is 1. The second-order valence-electron chi connectivity index (χ2n) is 3.75. The average molecular weight is 265 g/mol. The normalized spacial score (nSPS) is 10.2. The maximum atomic E-state index is 13.4. The van der Waals surface area contributed by atoms with Gasteiger partial charge in [0.2, 0.25) is 0 Å². The first-order chi connectivity index (χ1) is 8.99. The molecule has 0 atom stereocenters. The third-order valence-corrected chi connectivity index (χ3v) is 2.46. The maximum Gasteiger partial charge on any atom is 0.292 e. The zero-order chi connectivity index (χ0) is 14.0. The molecule has 2 aromatic rings. The maximum absolute atomic E-state index is 13.4. The molecule has 3 N–H and O–H groups in total. The molecule has 2 aromatic carbocycles. The van der Waals surface area contributed by atoms with E-state index in [9.17, 15) is 18.9 Å². The Morgan fingerprint density at radius 2 is 1.79 bits per heavy atom. The Labute approximate surface area is 106 Å². The number of nitrogens with one attached hydrogen (secondary N) is 1. The molecule has 0 aliphatic rings. The van der Waals surface area contributed by atoms with Crippen LogP contribution in [0.1, 0.15) is 0 Å². The van der Waals surface area contributed by atoms with Gasteiger partial charge in [-0.05, 0) is 24.3 Å². The van der Waals surface area contributed by atoms with Gasteiger partial charge in [0, 0.05) is 11.8 Å². The van der Waals surface area contributed by atoms with Crippen molar-refractivity contribution in [3.05, 3.63) is 58.1 Å². The summed E-state index contributed by atoms with van der Waals surface area (Å²) in [6.07, 6.45) is 0. The summed E-state index contributed by atoms with van der Waals surface area (Å²) >= 11 is 0. The van der Waals surface area contributed by atoms with Crippen LogP contribution in [0.5, 0.6) is 0 Å². The summed E-state index contributed by atoms with van der Waals surface area (Å²) in [4.78, 5) is 9.95. The predicted octanol–water partition coefficient (Wildman–Crippen LogP) is 3.20. The highest BCUT2D eigenvalue weighted by Crippen LogP contribution is 2.28. The first-order valence-corrected chi connectivity index (χ1v) is 5.24. The topological polar surface area (TPSA) is 81.2 Å². The van der Waals surface area contributed by atoms with Crippen molar-refractivity contribution in [2.24, 2.45) is 0 Å². The van der Waals surface area contributed by atoms with Gasteiger partial charge in [-0.2, -0.15) is 0 Å². The number of anilines is 3. The number of halogens is 2. The van der Waals surface area contributed by atoms with Crippen molar-refractivity contribution in [2.45, 2.75) is 0 Å². The minimum atomic E-state index is -0.767. The molecule has 7 heteroatoms. The fourth-order valence-corrected chi connectivity index (χ4v) is 1.56. The molecule has 5 nitrogen and oxygen atoms in total. The average Bonchev–Trinajstić information content (AvgIpc) is 2.33. The van der Waals surface area contributed by atoms with Crippen LogP contribution in [0.15, 0.2) is 36.4 Å². The number of hydrogen-bond donors (Lipinski definition) is 2. The highest BCUT2D eigenvalue weighted by molar-refractivity contribution is 5.70. The zero-order valence-electron chi connectivity index (χ0n) is 9.56. The van der Waals surface area contributed by atoms with E-state index in [1.54, 1.807) is 0 Å². The lowest BCUT2D eigenvalue weighted by Gasteiger charge is -2.09. The Hall–Kier alpha value is -2.70. The van der Waals surface area contributed by atoms with Crippen molar-refractivity contribution in [1.29, 1.82) is 0 Å². The number of rotatable bonds is 3. The molecule has 0 saturated carbocycles. The Balaban J connectivity index is 2.34. The first-order valence-electron chi connectivity index (χ1n) is 5.24. The molecule has 0 fully saturated rings. The van der Waals surface area contributed by atoms with Gasteiger partial charge in [-0.3, -0.25) is 10.1 Å². The van der Waals surface area contributed by atoms with Crippen LogP contribution < -0.4 is 11.1 Å². The van der Waals surface area contributed by atoms with Crippen molar-refractivity contribution in [2.75, 3.05) is 11.1 Å². The molecular formula is C12H9F2N3O2. The van der Waals surface area contributed by atoms with Crippen molar-refractivity contribution in [1.82, 2.24) is 0 Å². The van der Waals surface area contributed by atoms with Gasteiger partial charge in [0.25, 0.3) is 5.69 Å². The minimum Gasteiger partial charge on any atom is -0.393 e. The molecule has 0 aromatic heterocycles. The monoisotopic (exact) mass is 265 g/mol. The molecule has 19 heavy (non-hydrogen) atoms. The molecule has 0 aliphatic carbocycles. The van der Waals surface area contributed by atoms with Crippen LogP contribution in [0.25, 0.3) is 0 Å². The van der Waals surface area contributed by atoms with E-state index in [2.05, 4.69) is 5.32 Å². The van der Waals surface area contributed by atoms with Crippen LogP contribution in [-0.2, 0) is 0 Å². The van der Waals surface area contributed by atoms with Gasteiger partial charge >= 0.3 is 0 Å². The van der Waals surface area contributed by atoms with Gasteiger partial charge in [-0.25, -0.2) is 8.78 Å². The van der Waals surface area contributed by atoms with Gasteiger partial charge in [-0.1, -0.05) is 6.07 Å². The quantitative estimate of drug-likeness (QED) is 0.507. The van der Waals surface area contributed by atoms with E-state index >= 15 is 0 Å². The number of nitrogens with zero attached hydrogens (tertiary/aromatic N) is 1. The Morgan fingerprint density at radius 1 is 1.16 bits per heavy atom. The van der Waals surface area contributed by atoms with E-state index < -0.39 is 16.6 Å². The Morgan fingerprint density at radius 3 is 2.32 bits per heavy atom. The smallest absolute Gasteiger partial charge is 0.292 e. The van der Waals surface area contributed by atoms with E-state index in [4.69, 9.17) is 5.73 Å². The lowest BCUT2D eigenvalue weighted by atomic mass is 10.2. The van der Waals surface area contributed by atoms with Crippen molar-refractivity contribution in [3.8, 4) is 0 Å². The lowest BCUT2D eigenvalue weighted by Crippen LogP contribution is -2.00. The van der Waals surface area contributed by atoms with Crippen LogP contribution in [0.4, 0.5) is 31.5 Å². The van der Waals surface area contributed by atoms with Crippen LogP contribution in [0.3, 0.4) is 0 Å². The number of para-hydroxylation sites is 1. The lowest BCUT2D eigenvalue weighted by molar-refractivity contribution is -0.383. The van der Waals surface area contributed by atoms with Crippen LogP contribution in [0.2, 0.25) is 0 Å². The highest BCUT2D eigenvalue weighted by atomic mass is 19.1. The molecular weight excluding hydrogens is 256 g/mol. The molecule has 0 unspecified atom stereocenters. The highest BCUT2D eigenvalue weighted by Gasteiger charge is 2.13. The summed E-state index contributed by atoms with van der Waals surface area (Å²) in [6.45, 7) is 0. The van der Waals surface area contributed by atoms with Crippen molar-refractivity contribution in [3.63, 3.8) is 0 Å². The van der Waals surface area contributed by atoms with Crippen molar-refractivity contribution < 1.29 is 13.7 Å². The van der Waals surface area contributed by atoms with E-state index in [0.717, 1.165) is 18.2 Å². The SMILES string of the molecule is Nc1cc(Nc2c(F)cccc2F)ccc1[N+](=O)[O-]. The number of hydrogen-bond acceptors (Lipinski definition) is 4. The fraction of sp³-hybridized carbons (Fsp3) is 0. The third kappa shape index (κ3) is 2.59. The molecule has 0 heterocycles. The van der Waals surface area contributed by atoms with Gasteiger partial charge in [-0.15, -0.1) is 0 Å². The summed E-state index contributed by atoms with van der Waals surface area (Å²) in [5.41, 5.74) is 5.05. The summed E-state index contributed by atoms with van der Waals surface area (Å²) in [5.74, 6) is -1.53. The second-order valence-corrected chi connectivity index (χ2v) is 3.75. The summed E-state index contributed by atoms with van der Waals surface area (Å²) in [5, 5.41) is 13.1. The molecule has 0 bridgehead atoms. The molecule has 98 valence electrons. The first kappa shape index (κ1) is 12.7. The van der Waals surface area contributed by atoms with Gasteiger partial charge in [0.15, 0.2) is 0 Å². The van der Waals surface area contributed by atoms with Crippen molar-refractivity contribution >= 4 is 22.7 Å². The molecule has 0 amide bonds. The van der Waals surface area contributed by atoms with E-state index in [1.807, 2.05) is 0 Å². The Kier molecular flexibility index (Phi) is 3.28. The van der Waals surface area contributed by atoms with E-state index in [1.165, 1.54) is 18.2 Å². The van der Waals surface area contributed by atoms with Gasteiger partial charge < -0.3 is 11.1 Å². The molecule has 0 aliphatic heterocycles. The second kappa shape index (κ2) is 4.89. The largest absolute Gasteiger partial charge is 0.393 e. The third-order valence-electron chi connectivity index (χ3n) is 2.46. The number of nitrogens with two attached hydrogens (primary N) is 1. The fourth-order valence-electron chi connectivity index (χ4n) is 1.56. The minimum absolute atomic E-state index is 0.0910. The molecule has 2 rings (SSSR count). The van der Waals surface area contributed by atoms with E-state index in [-0.39, 0.29) is 22.7 Å². The number of nitro benzene ring substituents is 1. The van der Waals surface area contributed by atoms with Gasteiger partial charge in [0.1, 0.15) is 23.0 Å². The number of nitrogen functional groups attached to an aromatic ring is 1. The molecule has 0 saturated heterocycles. The summed E-state index contributed by atoms with van der Waals surface area (Å²) in [6, 6.07) is 7.15. The summed E-state index contributed by atoms with van der Waals surface area (Å²) < 4.78 is 26.8. The predicted molar refractivity (Wildman–Crippen MR) is 67.1 cm³/mol. The van der Waals surface area contributed by atoms with E-state index in [0.29, 0.717) is 0 Å². The van der Waals surface area contributed by atoms with Crippen LogP contribution in [0, 0.1) is 21.7 Å². The molecule has 0 radical (unpaired) electrons. The Bertz CT molecular complexity index is 627. The van der Waals surface area contributed by atoms with Crippen LogP contribution in [-0.4, -0.2) is 4.92 Å². The number of benzene rings is 2. The summed E-state index contributed by atoms with van der Waals surface area (Å²) in [7, 11) is 0. The molecule has 0 spiro atoms. The van der Waals surface area contributed by atoms with Crippen LogP contribution >= 0.6 is 0 Å². The van der Waals surface area contributed by atoms with Gasteiger partial charge in [0.05, 0.1) is 4.92 Å².